The summed E-state index contributed by atoms with van der Waals surface area (Å²) in [7, 11) is 0. The number of nitrogens with two attached hydrogens (primary N) is 1. The molecule has 1 aromatic rings. The van der Waals surface area contributed by atoms with Crippen molar-refractivity contribution in [2.45, 2.75) is 6.42 Å². The fourth-order valence-electron chi connectivity index (χ4n) is 1.37. The Hall–Kier alpha value is -0.680. The Morgan fingerprint density at radius 3 is 2.25 bits per heavy atom. The topological polar surface area (TPSA) is 73.1 Å². The van der Waals surface area contributed by atoms with E-state index in [2.05, 4.69) is 5.10 Å². The number of hydrogen-bond donors (Lipinski definition) is 1. The second-order valence-corrected chi connectivity index (χ2v) is 3.85. The Morgan fingerprint density at radius 2 is 1.81 bits per heavy atom. The average Bonchev–Trinajstić information content (AvgIpc) is 2.51. The molecule has 90 valence electrons. The van der Waals surface area contributed by atoms with Gasteiger partial charge in [-0.05, 0) is 12.1 Å². The lowest BCUT2D eigenvalue weighted by Crippen LogP contribution is -2.12. The fraction of sp³-hybridized carbons (Fsp3) is 0.222. The van der Waals surface area contributed by atoms with Crippen LogP contribution in [-0.4, -0.2) is 17.9 Å². The number of para-hydroxylation sites is 1. The molecule has 0 fully saturated rings. The van der Waals surface area contributed by atoms with Gasteiger partial charge in [0.1, 0.15) is 5.84 Å². The minimum Gasteiger partial charge on any atom is -0.412 e. The predicted octanol–water partition coefficient (Wildman–Crippen LogP) is 2.07. The number of rotatable bonds is 1. The standard InChI is InChI=1S/C9H9Cl2N3.ClH.H2O/c10-6-2-1-3-7(11)9(6)14-5-4-8(12)13-14;;/h1-3H,4-5H2,(H2,12,13);1H;1H2. The van der Waals surface area contributed by atoms with Crippen molar-refractivity contribution in [3.05, 3.63) is 28.2 Å². The van der Waals surface area contributed by atoms with Gasteiger partial charge in [-0.2, -0.15) is 5.10 Å². The number of anilines is 1. The summed E-state index contributed by atoms with van der Waals surface area (Å²) >= 11 is 12.0. The lowest BCUT2D eigenvalue weighted by molar-refractivity contribution is 0.824. The van der Waals surface area contributed by atoms with E-state index in [-0.39, 0.29) is 17.9 Å². The molecule has 0 bridgehead atoms. The third-order valence-corrected chi connectivity index (χ3v) is 2.63. The molecule has 1 heterocycles. The molecule has 0 spiro atoms. The van der Waals surface area contributed by atoms with Crippen LogP contribution in [0.3, 0.4) is 0 Å². The summed E-state index contributed by atoms with van der Waals surface area (Å²) in [5.74, 6) is 0.612. The summed E-state index contributed by atoms with van der Waals surface area (Å²) in [6, 6.07) is 5.37. The van der Waals surface area contributed by atoms with E-state index in [1.807, 2.05) is 0 Å². The van der Waals surface area contributed by atoms with Crippen LogP contribution >= 0.6 is 35.6 Å². The van der Waals surface area contributed by atoms with E-state index >= 15 is 0 Å². The third-order valence-electron chi connectivity index (χ3n) is 2.02. The van der Waals surface area contributed by atoms with E-state index in [0.29, 0.717) is 15.9 Å². The lowest BCUT2D eigenvalue weighted by Gasteiger charge is -2.16. The number of amidine groups is 1. The van der Waals surface area contributed by atoms with Gasteiger partial charge in [-0.25, -0.2) is 0 Å². The summed E-state index contributed by atoms with van der Waals surface area (Å²) in [4.78, 5) is 0. The van der Waals surface area contributed by atoms with Gasteiger partial charge < -0.3 is 11.2 Å². The van der Waals surface area contributed by atoms with Crippen LogP contribution < -0.4 is 10.7 Å². The molecule has 0 unspecified atom stereocenters. The van der Waals surface area contributed by atoms with Crippen LogP contribution in [0, 0.1) is 0 Å². The zero-order valence-corrected chi connectivity index (χ0v) is 10.6. The molecule has 0 aromatic heterocycles. The average molecular weight is 285 g/mol. The van der Waals surface area contributed by atoms with Crippen LogP contribution in [0.5, 0.6) is 0 Å². The van der Waals surface area contributed by atoms with Gasteiger partial charge in [-0.15, -0.1) is 12.4 Å². The molecule has 1 aliphatic rings. The molecule has 0 radical (unpaired) electrons. The number of nitrogens with zero attached hydrogens (tertiary/aromatic N) is 2. The normalized spacial score (nSPS) is 13.9. The molecule has 0 atom stereocenters. The molecule has 4 N–H and O–H groups in total. The highest BCUT2D eigenvalue weighted by Gasteiger charge is 2.18. The number of hydrazone groups is 1. The van der Waals surface area contributed by atoms with Crippen molar-refractivity contribution in [2.24, 2.45) is 10.8 Å². The largest absolute Gasteiger partial charge is 0.412 e. The molecule has 2 rings (SSSR count). The monoisotopic (exact) mass is 283 g/mol. The van der Waals surface area contributed by atoms with E-state index in [1.165, 1.54) is 0 Å². The van der Waals surface area contributed by atoms with Crippen molar-refractivity contribution in [1.29, 1.82) is 0 Å². The minimum absolute atomic E-state index is 0. The Balaban J connectivity index is 0.00000112. The van der Waals surface area contributed by atoms with Crippen molar-refractivity contribution in [3.63, 3.8) is 0 Å². The molecular weight excluding hydrogens is 272 g/mol. The molecular formula is C9H12Cl3N3O. The SMILES string of the molecule is Cl.NC1=NN(c2c(Cl)cccc2Cl)CC1.O. The van der Waals surface area contributed by atoms with Crippen molar-refractivity contribution < 1.29 is 5.48 Å². The maximum absolute atomic E-state index is 6.02. The number of hydrogen-bond acceptors (Lipinski definition) is 3. The summed E-state index contributed by atoms with van der Waals surface area (Å²) in [6.07, 6.45) is 0.752. The van der Waals surface area contributed by atoms with Crippen molar-refractivity contribution in [2.75, 3.05) is 11.6 Å². The first kappa shape index (κ1) is 15.3. The molecule has 1 aliphatic heterocycles. The molecule has 0 aliphatic carbocycles. The van der Waals surface area contributed by atoms with Gasteiger partial charge in [0.15, 0.2) is 0 Å². The van der Waals surface area contributed by atoms with Crippen LogP contribution in [0.25, 0.3) is 0 Å². The van der Waals surface area contributed by atoms with Crippen LogP contribution in [-0.2, 0) is 0 Å². The number of benzene rings is 1. The smallest absolute Gasteiger partial charge is 0.122 e. The maximum atomic E-state index is 6.02. The second kappa shape index (κ2) is 6.15. The minimum atomic E-state index is 0. The Labute approximate surface area is 110 Å². The fourth-order valence-corrected chi connectivity index (χ4v) is 1.97. The summed E-state index contributed by atoms with van der Waals surface area (Å²) < 4.78 is 0. The quantitative estimate of drug-likeness (QED) is 0.857. The van der Waals surface area contributed by atoms with Gasteiger partial charge >= 0.3 is 0 Å². The number of halogens is 3. The Bertz CT molecular complexity index is 377. The van der Waals surface area contributed by atoms with Gasteiger partial charge in [0.05, 0.1) is 15.7 Å². The Morgan fingerprint density at radius 1 is 1.25 bits per heavy atom. The zero-order chi connectivity index (χ0) is 10.1. The van der Waals surface area contributed by atoms with Gasteiger partial charge in [-0.1, -0.05) is 29.3 Å². The second-order valence-electron chi connectivity index (χ2n) is 3.03. The first-order valence-corrected chi connectivity index (χ1v) is 4.98. The van der Waals surface area contributed by atoms with Crippen molar-refractivity contribution >= 4 is 47.1 Å². The lowest BCUT2D eigenvalue weighted by atomic mass is 10.3. The molecule has 0 saturated heterocycles. The summed E-state index contributed by atoms with van der Waals surface area (Å²) in [6.45, 7) is 0.731. The van der Waals surface area contributed by atoms with Gasteiger partial charge in [0, 0.05) is 13.0 Å². The van der Waals surface area contributed by atoms with Gasteiger partial charge in [-0.3, -0.25) is 5.01 Å². The van der Waals surface area contributed by atoms with Crippen molar-refractivity contribution in [3.8, 4) is 0 Å². The first-order valence-electron chi connectivity index (χ1n) is 4.23. The van der Waals surface area contributed by atoms with Gasteiger partial charge in [0.2, 0.25) is 0 Å². The van der Waals surface area contributed by atoms with E-state index in [1.54, 1.807) is 23.2 Å². The predicted molar refractivity (Wildman–Crippen MR) is 70.9 cm³/mol. The molecule has 0 amide bonds. The van der Waals surface area contributed by atoms with E-state index in [4.69, 9.17) is 28.9 Å². The van der Waals surface area contributed by atoms with Crippen LogP contribution in [0.4, 0.5) is 5.69 Å². The van der Waals surface area contributed by atoms with Gasteiger partial charge in [0.25, 0.3) is 0 Å². The van der Waals surface area contributed by atoms with Crippen molar-refractivity contribution in [1.82, 2.24) is 0 Å². The summed E-state index contributed by atoms with van der Waals surface area (Å²) in [5, 5.41) is 7.06. The zero-order valence-electron chi connectivity index (χ0n) is 8.28. The molecule has 16 heavy (non-hydrogen) atoms. The first-order chi connectivity index (χ1) is 6.68. The van der Waals surface area contributed by atoms with Crippen LogP contribution in [0.1, 0.15) is 6.42 Å². The molecule has 4 nitrogen and oxygen atoms in total. The summed E-state index contributed by atoms with van der Waals surface area (Å²) in [5.41, 5.74) is 6.32. The third kappa shape index (κ3) is 2.92. The van der Waals surface area contributed by atoms with E-state index in [0.717, 1.165) is 18.7 Å². The maximum Gasteiger partial charge on any atom is 0.122 e. The van der Waals surface area contributed by atoms with E-state index in [9.17, 15) is 0 Å². The van der Waals surface area contributed by atoms with Crippen LogP contribution in [0.15, 0.2) is 23.3 Å². The molecule has 0 saturated carbocycles. The highest BCUT2D eigenvalue weighted by Crippen LogP contribution is 2.34. The Kier molecular flexibility index (Phi) is 5.89. The molecule has 1 aromatic carbocycles. The van der Waals surface area contributed by atoms with E-state index < -0.39 is 0 Å². The highest BCUT2D eigenvalue weighted by atomic mass is 35.5. The molecule has 7 heteroatoms. The van der Waals surface area contributed by atoms with Crippen LogP contribution in [0.2, 0.25) is 10.0 Å². The highest BCUT2D eigenvalue weighted by molar-refractivity contribution is 6.39.